The predicted octanol–water partition coefficient (Wildman–Crippen LogP) is 0.992. The topological polar surface area (TPSA) is 135 Å². The Morgan fingerprint density at radius 3 is 1.91 bits per heavy atom. The van der Waals surface area contributed by atoms with Crippen molar-refractivity contribution in [2.45, 2.75) is 65.8 Å². The quantitative estimate of drug-likeness (QED) is 0.580. The molecule has 4 saturated heterocycles. The third kappa shape index (κ3) is 3.07. The molecule has 0 radical (unpaired) electrons. The first kappa shape index (κ1) is 22.6. The molecule has 7 rings (SSSR count). The van der Waals surface area contributed by atoms with Gasteiger partial charge in [0.25, 0.3) is 21.7 Å². The van der Waals surface area contributed by atoms with Crippen LogP contribution in [-0.2, 0) is 43.1 Å². The van der Waals surface area contributed by atoms with E-state index in [0.29, 0.717) is 0 Å². The Hall–Kier alpha value is -1.90. The largest absolute Gasteiger partial charge is 0.353 e. The molecule has 5 aliphatic rings. The Morgan fingerprint density at radius 2 is 1.29 bits per heavy atom. The van der Waals surface area contributed by atoms with Crippen molar-refractivity contribution in [1.82, 2.24) is 0 Å². The van der Waals surface area contributed by atoms with Gasteiger partial charge in [0.05, 0.1) is 15.7 Å². The molecular formula is C22H22O10S2. The van der Waals surface area contributed by atoms with Crippen LogP contribution < -0.4 is 0 Å². The van der Waals surface area contributed by atoms with Crippen molar-refractivity contribution >= 4 is 20.0 Å². The minimum atomic E-state index is -4.47. The van der Waals surface area contributed by atoms with Gasteiger partial charge in [0.2, 0.25) is 9.84 Å². The smallest absolute Gasteiger partial charge is 0.297 e. The van der Waals surface area contributed by atoms with Crippen LogP contribution >= 0.6 is 0 Å². The minimum absolute atomic E-state index is 0.0704. The van der Waals surface area contributed by atoms with Crippen molar-refractivity contribution in [2.75, 3.05) is 0 Å². The first-order valence-corrected chi connectivity index (χ1v) is 13.6. The zero-order chi connectivity index (χ0) is 24.0. The maximum atomic E-state index is 13.5. The average Bonchev–Trinajstić information content (AvgIpc) is 3.08. The molecule has 8 atom stereocenters. The maximum absolute atomic E-state index is 13.5. The first-order chi connectivity index (χ1) is 16.0. The van der Waals surface area contributed by atoms with Gasteiger partial charge in [0.1, 0.15) is 30.5 Å². The Morgan fingerprint density at radius 1 is 0.765 bits per heavy atom. The van der Waals surface area contributed by atoms with Crippen molar-refractivity contribution in [1.29, 1.82) is 0 Å². The zero-order valence-corrected chi connectivity index (χ0v) is 19.7. The molecule has 6 bridgehead atoms. The number of hydrogen-bond acceptors (Lipinski definition) is 10. The monoisotopic (exact) mass is 510 g/mol. The highest BCUT2D eigenvalue weighted by molar-refractivity contribution is 7.92. The molecule has 1 aliphatic carbocycles. The highest BCUT2D eigenvalue weighted by Crippen LogP contribution is 2.57. The zero-order valence-electron chi connectivity index (χ0n) is 18.1. The summed E-state index contributed by atoms with van der Waals surface area (Å²) >= 11 is 0. The molecule has 8 unspecified atom stereocenters. The summed E-state index contributed by atoms with van der Waals surface area (Å²) in [5.41, 5.74) is 1.71. The van der Waals surface area contributed by atoms with Crippen LogP contribution in [0.5, 0.6) is 0 Å². The molecular weight excluding hydrogens is 488 g/mol. The molecule has 0 amide bonds. The number of hydrogen-bond donors (Lipinski definition) is 1. The normalized spacial score (nSPS) is 38.4. The van der Waals surface area contributed by atoms with Crippen molar-refractivity contribution in [2.24, 2.45) is 5.92 Å². The summed E-state index contributed by atoms with van der Waals surface area (Å²) in [5.74, 6) is -1.27. The summed E-state index contributed by atoms with van der Waals surface area (Å²) in [6.07, 6.45) is -5.41. The molecule has 182 valence electrons. The van der Waals surface area contributed by atoms with E-state index in [2.05, 4.69) is 0 Å². The third-order valence-corrected chi connectivity index (χ3v) is 10.2. The molecule has 10 nitrogen and oxygen atoms in total. The van der Waals surface area contributed by atoms with Crippen LogP contribution in [0.4, 0.5) is 0 Å². The lowest BCUT2D eigenvalue weighted by Crippen LogP contribution is -2.72. The van der Waals surface area contributed by atoms with E-state index in [1.165, 1.54) is 24.3 Å². The number of ether oxygens (including phenoxy) is 4. The van der Waals surface area contributed by atoms with Gasteiger partial charge in [-0.05, 0) is 38.1 Å². The first-order valence-electron chi connectivity index (χ1n) is 10.7. The van der Waals surface area contributed by atoms with Gasteiger partial charge < -0.3 is 24.1 Å². The van der Waals surface area contributed by atoms with Gasteiger partial charge >= 0.3 is 0 Å². The fraction of sp³-hybridized carbons (Fsp3) is 0.455. The SMILES string of the molecule is Cc1ccc(S(=O)(=O)OC2C3OC4OC5C3OC(O)(S(=O)(=O)c3ccc(C)cc3)C5C2O4)cc1. The van der Waals surface area contributed by atoms with Gasteiger partial charge in [-0.3, -0.25) is 4.18 Å². The van der Waals surface area contributed by atoms with Crippen LogP contribution in [0, 0.1) is 19.8 Å². The van der Waals surface area contributed by atoms with Gasteiger partial charge in [0.15, 0.2) is 0 Å². The van der Waals surface area contributed by atoms with Crippen LogP contribution in [0.3, 0.4) is 0 Å². The number of rotatable bonds is 5. The summed E-state index contributed by atoms with van der Waals surface area (Å²) in [6.45, 7) is 2.49. The van der Waals surface area contributed by atoms with E-state index in [1.54, 1.807) is 31.2 Å². The highest BCUT2D eigenvalue weighted by Gasteiger charge is 2.77. The van der Waals surface area contributed by atoms with Crippen molar-refractivity contribution in [3.63, 3.8) is 0 Å². The molecule has 1 saturated carbocycles. The van der Waals surface area contributed by atoms with E-state index in [1.807, 2.05) is 6.92 Å². The van der Waals surface area contributed by atoms with Crippen molar-refractivity contribution < 1.29 is 45.1 Å². The van der Waals surface area contributed by atoms with E-state index < -0.39 is 68.0 Å². The number of sulfone groups is 1. The third-order valence-electron chi connectivity index (χ3n) is 6.80. The van der Waals surface area contributed by atoms with Crippen molar-refractivity contribution in [3.8, 4) is 0 Å². The lowest BCUT2D eigenvalue weighted by atomic mass is 9.78. The summed E-state index contributed by atoms with van der Waals surface area (Å²) in [5, 5.41) is 8.76. The van der Waals surface area contributed by atoms with Gasteiger partial charge in [-0.2, -0.15) is 8.42 Å². The number of benzene rings is 2. The lowest BCUT2D eigenvalue weighted by molar-refractivity contribution is -0.458. The molecule has 4 aliphatic heterocycles. The molecule has 4 heterocycles. The molecule has 2 aromatic carbocycles. The standard InChI is InChI=1S/C22H22O10S2/c1-11-3-7-13(8-4-11)33(24,25)22(23)15-16-19(31-22)18-20(17(15)29-21(28-16)30-18)32-34(26,27)14-9-5-12(2)6-10-14/h3-10,15-21,23H,1-2H3. The predicted molar refractivity (Wildman–Crippen MR) is 113 cm³/mol. The molecule has 34 heavy (non-hydrogen) atoms. The summed E-state index contributed by atoms with van der Waals surface area (Å²) in [4.78, 5) is -0.219. The lowest BCUT2D eigenvalue weighted by Gasteiger charge is -2.54. The Bertz CT molecular complexity index is 1340. The highest BCUT2D eigenvalue weighted by atomic mass is 32.2. The Labute approximate surface area is 196 Å². The van der Waals surface area contributed by atoms with Crippen LogP contribution in [0.2, 0.25) is 0 Å². The number of aryl methyl sites for hydroxylation is 2. The van der Waals surface area contributed by atoms with E-state index in [9.17, 15) is 21.9 Å². The van der Waals surface area contributed by atoms with E-state index in [4.69, 9.17) is 23.1 Å². The fourth-order valence-corrected chi connectivity index (χ4v) is 7.87. The molecule has 12 heteroatoms. The van der Waals surface area contributed by atoms with Crippen molar-refractivity contribution in [3.05, 3.63) is 59.7 Å². The van der Waals surface area contributed by atoms with Crippen LogP contribution in [0.1, 0.15) is 11.1 Å². The van der Waals surface area contributed by atoms with E-state index in [-0.39, 0.29) is 9.79 Å². The summed E-state index contributed by atoms with van der Waals surface area (Å²) < 4.78 is 81.2. The fourth-order valence-electron chi connectivity index (χ4n) is 5.08. The molecule has 5 fully saturated rings. The molecule has 1 N–H and O–H groups in total. The van der Waals surface area contributed by atoms with Gasteiger partial charge in [-0.1, -0.05) is 35.4 Å². The maximum Gasteiger partial charge on any atom is 0.297 e. The van der Waals surface area contributed by atoms with E-state index >= 15 is 0 Å². The van der Waals surface area contributed by atoms with Crippen LogP contribution in [-0.4, -0.2) is 64.1 Å². The van der Waals surface area contributed by atoms with Crippen LogP contribution in [0.25, 0.3) is 0 Å². The molecule has 0 aromatic heterocycles. The van der Waals surface area contributed by atoms with E-state index in [0.717, 1.165) is 11.1 Å². The Balaban J connectivity index is 1.38. The van der Waals surface area contributed by atoms with Gasteiger partial charge in [0, 0.05) is 0 Å². The summed E-state index contributed by atoms with van der Waals surface area (Å²) in [6, 6.07) is 12.0. The molecule has 2 aromatic rings. The summed E-state index contributed by atoms with van der Waals surface area (Å²) in [7, 11) is -8.72. The second kappa shape index (κ2) is 7.31. The van der Waals surface area contributed by atoms with Gasteiger partial charge in [-0.25, -0.2) is 8.42 Å². The second-order valence-corrected chi connectivity index (χ2v) is 12.6. The Kier molecular flexibility index (Phi) is 4.85. The molecule has 0 spiro atoms. The minimum Gasteiger partial charge on any atom is -0.353 e. The van der Waals surface area contributed by atoms with Gasteiger partial charge in [-0.15, -0.1) is 0 Å². The average molecular weight is 511 g/mol. The van der Waals surface area contributed by atoms with Crippen LogP contribution in [0.15, 0.2) is 58.3 Å². The number of aliphatic hydroxyl groups is 1. The second-order valence-electron chi connectivity index (χ2n) is 8.97.